The van der Waals surface area contributed by atoms with Crippen molar-refractivity contribution in [2.75, 3.05) is 0 Å². The molecule has 0 fully saturated rings. The van der Waals surface area contributed by atoms with Crippen LogP contribution in [0.15, 0.2) is 73.2 Å². The average Bonchev–Trinajstić information content (AvgIpc) is 2.62. The molecule has 0 aliphatic rings. The molecule has 22 heavy (non-hydrogen) atoms. The lowest BCUT2D eigenvalue weighted by Crippen LogP contribution is -1.92. The first-order chi connectivity index (χ1) is 10.9. The van der Waals surface area contributed by atoms with Crippen LogP contribution in [0, 0.1) is 0 Å². The van der Waals surface area contributed by atoms with Crippen LogP contribution in [0.2, 0.25) is 0 Å². The van der Waals surface area contributed by atoms with Crippen molar-refractivity contribution < 1.29 is 0 Å². The quantitative estimate of drug-likeness (QED) is 0.562. The van der Waals surface area contributed by atoms with Gasteiger partial charge in [-0.25, -0.2) is 15.0 Å². The number of nitrogens with zero attached hydrogens (tertiary/aromatic N) is 4. The molecule has 0 bridgehead atoms. The summed E-state index contributed by atoms with van der Waals surface area (Å²) in [5.74, 6) is 0.628. The van der Waals surface area contributed by atoms with Crippen LogP contribution in [0.25, 0.3) is 33.7 Å². The van der Waals surface area contributed by atoms with Crippen LogP contribution < -0.4 is 0 Å². The zero-order chi connectivity index (χ0) is 14.8. The molecule has 1 aromatic carbocycles. The Balaban J connectivity index is 1.81. The van der Waals surface area contributed by atoms with Crippen molar-refractivity contribution in [3.8, 4) is 22.8 Å². The van der Waals surface area contributed by atoms with E-state index in [1.54, 1.807) is 24.7 Å². The van der Waals surface area contributed by atoms with E-state index < -0.39 is 0 Å². The Morgan fingerprint density at radius 2 is 1.45 bits per heavy atom. The van der Waals surface area contributed by atoms with Gasteiger partial charge in [-0.05, 0) is 30.3 Å². The van der Waals surface area contributed by atoms with Crippen LogP contribution in [-0.4, -0.2) is 19.9 Å². The van der Waals surface area contributed by atoms with E-state index in [1.807, 2.05) is 36.4 Å². The van der Waals surface area contributed by atoms with Gasteiger partial charge < -0.3 is 0 Å². The molecule has 0 amide bonds. The Morgan fingerprint density at radius 3 is 2.36 bits per heavy atom. The van der Waals surface area contributed by atoms with E-state index in [-0.39, 0.29) is 0 Å². The lowest BCUT2D eigenvalue weighted by Gasteiger charge is -2.05. The van der Waals surface area contributed by atoms with E-state index in [0.29, 0.717) is 5.82 Å². The average molecular weight is 284 g/mol. The van der Waals surface area contributed by atoms with Crippen LogP contribution in [0.4, 0.5) is 0 Å². The van der Waals surface area contributed by atoms with Gasteiger partial charge in [0.2, 0.25) is 0 Å². The Kier molecular flexibility index (Phi) is 3.05. The van der Waals surface area contributed by atoms with Gasteiger partial charge in [-0.2, -0.15) is 0 Å². The molecule has 0 unspecified atom stereocenters. The summed E-state index contributed by atoms with van der Waals surface area (Å²) in [5.41, 5.74) is 3.64. The normalized spacial score (nSPS) is 10.7. The topological polar surface area (TPSA) is 51.6 Å². The van der Waals surface area contributed by atoms with Crippen molar-refractivity contribution in [1.82, 2.24) is 19.9 Å². The molecule has 4 aromatic rings. The van der Waals surface area contributed by atoms with Crippen molar-refractivity contribution in [2.45, 2.75) is 0 Å². The van der Waals surface area contributed by atoms with Crippen LogP contribution in [0.5, 0.6) is 0 Å². The molecule has 4 rings (SSSR count). The number of hydrogen-bond donors (Lipinski definition) is 0. The molecule has 0 aliphatic carbocycles. The van der Waals surface area contributed by atoms with Crippen molar-refractivity contribution >= 4 is 10.9 Å². The van der Waals surface area contributed by atoms with E-state index in [9.17, 15) is 0 Å². The fourth-order valence-corrected chi connectivity index (χ4v) is 2.38. The zero-order valence-electron chi connectivity index (χ0n) is 11.7. The maximum Gasteiger partial charge on any atom is 0.178 e. The minimum Gasteiger partial charge on any atom is -0.256 e. The number of aromatic nitrogens is 4. The molecule has 0 saturated heterocycles. The molecule has 4 heteroatoms. The van der Waals surface area contributed by atoms with Gasteiger partial charge in [-0.3, -0.25) is 4.98 Å². The van der Waals surface area contributed by atoms with Gasteiger partial charge in [0, 0.05) is 29.5 Å². The Hall–Kier alpha value is -3.14. The van der Waals surface area contributed by atoms with Gasteiger partial charge >= 0.3 is 0 Å². The molecule has 0 radical (unpaired) electrons. The molecule has 0 atom stereocenters. The lowest BCUT2D eigenvalue weighted by atomic mass is 10.1. The Bertz CT molecular complexity index is 935. The smallest absolute Gasteiger partial charge is 0.178 e. The first-order valence-corrected chi connectivity index (χ1v) is 7.00. The molecule has 0 aliphatic heterocycles. The highest BCUT2D eigenvalue weighted by atomic mass is 14.9. The summed E-state index contributed by atoms with van der Waals surface area (Å²) in [4.78, 5) is 17.6. The third-order valence-corrected chi connectivity index (χ3v) is 3.45. The van der Waals surface area contributed by atoms with E-state index >= 15 is 0 Å². The van der Waals surface area contributed by atoms with Gasteiger partial charge in [-0.15, -0.1) is 0 Å². The van der Waals surface area contributed by atoms with Crippen LogP contribution in [0.3, 0.4) is 0 Å². The molecular formula is C18H12N4. The van der Waals surface area contributed by atoms with Crippen LogP contribution in [0.1, 0.15) is 0 Å². The maximum absolute atomic E-state index is 4.67. The van der Waals surface area contributed by atoms with Crippen molar-refractivity contribution in [2.24, 2.45) is 0 Å². The van der Waals surface area contributed by atoms with Gasteiger partial charge in [0.25, 0.3) is 0 Å². The predicted molar refractivity (Wildman–Crippen MR) is 86.0 cm³/mol. The van der Waals surface area contributed by atoms with Crippen LogP contribution >= 0.6 is 0 Å². The molecular weight excluding hydrogens is 272 g/mol. The summed E-state index contributed by atoms with van der Waals surface area (Å²) in [6.45, 7) is 0. The van der Waals surface area contributed by atoms with Gasteiger partial charge in [-0.1, -0.05) is 24.3 Å². The molecule has 0 N–H and O–H groups in total. The fraction of sp³-hybridized carbons (Fsp3) is 0. The molecule has 3 heterocycles. The predicted octanol–water partition coefficient (Wildman–Crippen LogP) is 3.75. The first kappa shape index (κ1) is 12.6. The van der Waals surface area contributed by atoms with Gasteiger partial charge in [0.15, 0.2) is 5.82 Å². The number of hydrogen-bond acceptors (Lipinski definition) is 4. The van der Waals surface area contributed by atoms with Crippen molar-refractivity contribution in [3.63, 3.8) is 0 Å². The van der Waals surface area contributed by atoms with Crippen molar-refractivity contribution in [1.29, 1.82) is 0 Å². The number of benzene rings is 1. The summed E-state index contributed by atoms with van der Waals surface area (Å²) in [6, 6.07) is 17.8. The highest BCUT2D eigenvalue weighted by molar-refractivity contribution is 5.83. The molecule has 0 saturated carbocycles. The third-order valence-electron chi connectivity index (χ3n) is 3.45. The summed E-state index contributed by atoms with van der Waals surface area (Å²) >= 11 is 0. The van der Waals surface area contributed by atoms with Gasteiger partial charge in [0.05, 0.1) is 11.2 Å². The number of fused-ring (bicyclic) bond motifs is 1. The summed E-state index contributed by atoms with van der Waals surface area (Å²) < 4.78 is 0. The fourth-order valence-electron chi connectivity index (χ4n) is 2.38. The second-order valence-electron chi connectivity index (χ2n) is 4.89. The second-order valence-corrected chi connectivity index (χ2v) is 4.89. The molecule has 0 spiro atoms. The zero-order valence-corrected chi connectivity index (χ0v) is 11.7. The van der Waals surface area contributed by atoms with E-state index in [4.69, 9.17) is 0 Å². The van der Waals surface area contributed by atoms with E-state index in [1.165, 1.54) is 0 Å². The van der Waals surface area contributed by atoms with E-state index in [2.05, 4.69) is 32.1 Å². The number of pyridine rings is 2. The maximum atomic E-state index is 4.67. The Labute approximate surface area is 127 Å². The number of rotatable bonds is 2. The third kappa shape index (κ3) is 2.31. The van der Waals surface area contributed by atoms with Gasteiger partial charge in [0.1, 0.15) is 5.69 Å². The highest BCUT2D eigenvalue weighted by Crippen LogP contribution is 2.23. The second kappa shape index (κ2) is 5.33. The van der Waals surface area contributed by atoms with Crippen molar-refractivity contribution in [3.05, 3.63) is 73.2 Å². The largest absolute Gasteiger partial charge is 0.256 e. The lowest BCUT2D eigenvalue weighted by molar-refractivity contribution is 1.14. The highest BCUT2D eigenvalue weighted by Gasteiger charge is 2.06. The summed E-state index contributed by atoms with van der Waals surface area (Å²) in [5, 5.41) is 1.12. The minimum atomic E-state index is 0.628. The SMILES string of the molecule is c1cnc(-c2cccc(-c3ccc4cccnc4c3)n2)nc1. The minimum absolute atomic E-state index is 0.628. The van der Waals surface area contributed by atoms with E-state index in [0.717, 1.165) is 27.9 Å². The Morgan fingerprint density at radius 1 is 0.636 bits per heavy atom. The first-order valence-electron chi connectivity index (χ1n) is 7.00. The molecule has 104 valence electrons. The molecule has 4 nitrogen and oxygen atoms in total. The molecule has 3 aromatic heterocycles. The standard InChI is InChI=1S/C18H12N4/c1-5-15(22-16(6-1)18-20-10-3-11-21-18)14-8-7-13-4-2-9-19-17(13)12-14/h1-12H. The summed E-state index contributed by atoms with van der Waals surface area (Å²) in [7, 11) is 0. The monoisotopic (exact) mass is 284 g/mol. The van der Waals surface area contributed by atoms with Crippen LogP contribution in [-0.2, 0) is 0 Å². The summed E-state index contributed by atoms with van der Waals surface area (Å²) in [6.07, 6.45) is 5.24.